The van der Waals surface area contributed by atoms with Crippen LogP contribution in [0.4, 0.5) is 0 Å². The van der Waals surface area contributed by atoms with Crippen LogP contribution in [0.1, 0.15) is 41.5 Å². The molecule has 0 aliphatic heterocycles. The van der Waals surface area contributed by atoms with E-state index >= 15 is 0 Å². The first-order chi connectivity index (χ1) is 8.85. The average molecular weight is 274 g/mol. The molecule has 0 radical (unpaired) electrons. The van der Waals surface area contributed by atoms with Crippen LogP contribution in [-0.2, 0) is 14.0 Å². The van der Waals surface area contributed by atoms with Crippen molar-refractivity contribution in [1.29, 1.82) is 0 Å². The van der Waals surface area contributed by atoms with E-state index in [1.807, 2.05) is 41.5 Å². The van der Waals surface area contributed by atoms with Gasteiger partial charge >= 0.3 is 25.6 Å². The first-order valence-corrected chi connectivity index (χ1v) is 6.80. The molecule has 0 aliphatic carbocycles. The molecular formula is C13H24BLiN2O3. The summed E-state index contributed by atoms with van der Waals surface area (Å²) < 4.78 is 17.8. The van der Waals surface area contributed by atoms with Crippen LogP contribution >= 0.6 is 0 Å². The normalized spacial score (nSPS) is 12.1. The molecule has 20 heavy (non-hydrogen) atoms. The first-order valence-electron chi connectivity index (χ1n) is 6.80. The van der Waals surface area contributed by atoms with Crippen LogP contribution < -0.4 is 24.6 Å². The van der Waals surface area contributed by atoms with Crippen molar-refractivity contribution in [2.45, 2.75) is 59.9 Å². The van der Waals surface area contributed by atoms with Gasteiger partial charge in [-0.25, -0.2) is 0 Å². The molecule has 5 nitrogen and oxygen atoms in total. The summed E-state index contributed by atoms with van der Waals surface area (Å²) in [5.74, 6) is 0. The van der Waals surface area contributed by atoms with E-state index in [2.05, 4.69) is 9.97 Å². The van der Waals surface area contributed by atoms with Crippen LogP contribution in [0.25, 0.3) is 0 Å². The first kappa shape index (κ1) is 19.6. The summed E-state index contributed by atoms with van der Waals surface area (Å²) >= 11 is 0. The second kappa shape index (κ2) is 8.81. The van der Waals surface area contributed by atoms with Gasteiger partial charge in [0, 0.05) is 30.7 Å². The molecule has 1 rings (SSSR count). The summed E-state index contributed by atoms with van der Waals surface area (Å²) in [6.07, 6.45) is 3.16. The third kappa shape index (κ3) is 5.94. The Morgan fingerprint density at radius 3 is 1.45 bits per heavy atom. The van der Waals surface area contributed by atoms with Gasteiger partial charge in [-0.05, 0) is 47.6 Å². The van der Waals surface area contributed by atoms with E-state index in [9.17, 15) is 0 Å². The summed E-state index contributed by atoms with van der Waals surface area (Å²) in [5.41, 5.74) is 0.443. The van der Waals surface area contributed by atoms with E-state index < -0.39 is 6.75 Å². The molecule has 0 spiro atoms. The number of nitrogens with zero attached hydrogens (tertiary/aromatic N) is 2. The molecule has 0 saturated heterocycles. The fourth-order valence-corrected chi connectivity index (χ4v) is 1.85. The molecule has 0 bridgehead atoms. The minimum absolute atomic E-state index is 0. The monoisotopic (exact) mass is 274 g/mol. The zero-order chi connectivity index (χ0) is 14.5. The number of hydrogen-bond donors (Lipinski definition) is 0. The zero-order valence-corrected chi connectivity index (χ0v) is 13.7. The molecule has 0 fully saturated rings. The Balaban J connectivity index is 0.00000361. The van der Waals surface area contributed by atoms with Crippen molar-refractivity contribution < 1.29 is 32.8 Å². The van der Waals surface area contributed by atoms with Crippen LogP contribution in [-0.4, -0.2) is 35.0 Å². The van der Waals surface area contributed by atoms with E-state index in [4.69, 9.17) is 14.0 Å². The molecule has 1 aromatic heterocycles. The topological polar surface area (TPSA) is 53.5 Å². The maximum absolute atomic E-state index is 5.94. The summed E-state index contributed by atoms with van der Waals surface area (Å²) in [5, 5.41) is 0. The second-order valence-electron chi connectivity index (χ2n) is 5.30. The van der Waals surface area contributed by atoms with Crippen molar-refractivity contribution in [3.8, 4) is 0 Å². The number of rotatable bonds is 7. The van der Waals surface area contributed by atoms with Gasteiger partial charge < -0.3 is 14.0 Å². The van der Waals surface area contributed by atoms with Crippen molar-refractivity contribution in [3.05, 3.63) is 18.5 Å². The quantitative estimate of drug-likeness (QED) is 0.591. The van der Waals surface area contributed by atoms with Gasteiger partial charge in [-0.3, -0.25) is 9.97 Å². The molecule has 0 atom stereocenters. The summed E-state index contributed by atoms with van der Waals surface area (Å²) in [6.45, 7) is 9.49. The van der Waals surface area contributed by atoms with Gasteiger partial charge in [0.25, 0.3) is 0 Å². The Hall–Kier alpha value is -0.378. The maximum Gasteiger partial charge on any atom is 1.00 e. The summed E-state index contributed by atoms with van der Waals surface area (Å²) in [6, 6.07) is 1.75. The number of aromatic nitrogens is 2. The molecule has 0 aliphatic rings. The standard InChI is InChI=1S/C13H24BN2O3.Li/c1-10(2)17-14(18-11(3)4,19-12(5)6)13-15-8-7-9-16-13;/h7-12H,1-6H3;/q-1;+1. The minimum Gasteiger partial charge on any atom is -0.537 e. The Kier molecular flexibility index (Phi) is 8.64. The maximum atomic E-state index is 5.94. The fraction of sp³-hybridized carbons (Fsp3) is 0.692. The van der Waals surface area contributed by atoms with Crippen LogP contribution in [0.5, 0.6) is 0 Å². The van der Waals surface area contributed by atoms with E-state index in [1.165, 1.54) is 0 Å². The van der Waals surface area contributed by atoms with Gasteiger partial charge in [0.05, 0.1) is 5.72 Å². The molecule has 108 valence electrons. The van der Waals surface area contributed by atoms with Crippen LogP contribution in [0, 0.1) is 0 Å². The molecule has 0 unspecified atom stereocenters. The molecule has 0 N–H and O–H groups in total. The van der Waals surface area contributed by atoms with E-state index in [1.54, 1.807) is 18.5 Å². The Bertz CT molecular complexity index is 351. The van der Waals surface area contributed by atoms with Gasteiger partial charge in [0.15, 0.2) is 0 Å². The molecule has 1 heterocycles. The second-order valence-corrected chi connectivity index (χ2v) is 5.30. The van der Waals surface area contributed by atoms with Crippen molar-refractivity contribution in [2.24, 2.45) is 0 Å². The van der Waals surface area contributed by atoms with Gasteiger partial charge in [-0.2, -0.15) is 0 Å². The van der Waals surface area contributed by atoms with E-state index in [0.717, 1.165) is 0 Å². The summed E-state index contributed by atoms with van der Waals surface area (Å²) in [4.78, 5) is 8.50. The van der Waals surface area contributed by atoms with Crippen LogP contribution in [0.3, 0.4) is 0 Å². The third-order valence-corrected chi connectivity index (χ3v) is 2.26. The molecular weight excluding hydrogens is 250 g/mol. The van der Waals surface area contributed by atoms with Crippen LogP contribution in [0.15, 0.2) is 18.5 Å². The van der Waals surface area contributed by atoms with Gasteiger partial charge in [-0.1, -0.05) is 0 Å². The van der Waals surface area contributed by atoms with Gasteiger partial charge in [0.2, 0.25) is 0 Å². The largest absolute Gasteiger partial charge is 1.00 e. The molecule has 0 saturated carbocycles. The van der Waals surface area contributed by atoms with Crippen molar-refractivity contribution in [3.63, 3.8) is 0 Å². The molecule has 7 heteroatoms. The predicted molar refractivity (Wildman–Crippen MR) is 76.1 cm³/mol. The SMILES string of the molecule is CC(C)O[B-](OC(C)C)(OC(C)C)c1ncccn1.[Li+]. The Labute approximate surface area is 134 Å². The van der Waals surface area contributed by atoms with Gasteiger partial charge in [0.1, 0.15) is 0 Å². The third-order valence-electron chi connectivity index (χ3n) is 2.26. The van der Waals surface area contributed by atoms with E-state index in [-0.39, 0.29) is 37.2 Å². The Morgan fingerprint density at radius 2 is 1.15 bits per heavy atom. The van der Waals surface area contributed by atoms with Crippen LogP contribution in [0.2, 0.25) is 0 Å². The zero-order valence-electron chi connectivity index (χ0n) is 13.7. The van der Waals surface area contributed by atoms with Crippen molar-refractivity contribution >= 4 is 12.5 Å². The van der Waals surface area contributed by atoms with Gasteiger partial charge in [-0.15, -0.1) is 0 Å². The molecule has 0 amide bonds. The summed E-state index contributed by atoms with van der Waals surface area (Å²) in [7, 11) is 0. The average Bonchev–Trinajstić information content (AvgIpc) is 2.27. The minimum atomic E-state index is -2.14. The van der Waals surface area contributed by atoms with Crippen molar-refractivity contribution in [1.82, 2.24) is 9.97 Å². The fourth-order valence-electron chi connectivity index (χ4n) is 1.85. The Morgan fingerprint density at radius 1 is 0.800 bits per heavy atom. The molecule has 1 aromatic rings. The van der Waals surface area contributed by atoms with E-state index in [0.29, 0.717) is 5.72 Å². The predicted octanol–water partition coefficient (Wildman–Crippen LogP) is -1.10. The molecule has 0 aromatic carbocycles. The number of hydrogen-bond acceptors (Lipinski definition) is 5. The smallest absolute Gasteiger partial charge is 0.537 e. The van der Waals surface area contributed by atoms with Crippen molar-refractivity contribution in [2.75, 3.05) is 0 Å².